The fourth-order valence-corrected chi connectivity index (χ4v) is 23.9. The van der Waals surface area contributed by atoms with Crippen LogP contribution in [0.2, 0.25) is 39.0 Å². The summed E-state index contributed by atoms with van der Waals surface area (Å²) >= 11 is -2.13. The van der Waals surface area contributed by atoms with Crippen molar-refractivity contribution in [3.8, 4) is 0 Å². The summed E-state index contributed by atoms with van der Waals surface area (Å²) < 4.78 is 47.0. The molecule has 0 unspecified atom stereocenters. The molecule has 294 valence electrons. The number of halogens is 2. The van der Waals surface area contributed by atoms with Crippen molar-refractivity contribution >= 4 is 61.5 Å². The summed E-state index contributed by atoms with van der Waals surface area (Å²) in [6.07, 6.45) is 7.73. The predicted molar refractivity (Wildman–Crippen MR) is 219 cm³/mol. The number of aliphatic imine (C=N–C) groups is 1. The third-order valence-corrected chi connectivity index (χ3v) is 28.1. The zero-order chi connectivity index (χ0) is 39.1. The van der Waals surface area contributed by atoms with Crippen LogP contribution in [0.4, 0.5) is 13.6 Å². The molecule has 3 atom stereocenters. The van der Waals surface area contributed by atoms with E-state index >= 15 is 8.78 Å². The summed E-state index contributed by atoms with van der Waals surface area (Å²) in [5, 5.41) is 0.258. The number of carbonyl (C=O) groups is 2. The van der Waals surface area contributed by atoms with Gasteiger partial charge in [0.1, 0.15) is 0 Å². The van der Waals surface area contributed by atoms with E-state index in [-0.39, 0.29) is 27.6 Å². The van der Waals surface area contributed by atoms with Gasteiger partial charge in [-0.25, -0.2) is 0 Å². The summed E-state index contributed by atoms with van der Waals surface area (Å²) in [6.45, 7) is 20.9. The van der Waals surface area contributed by atoms with E-state index in [1.165, 1.54) is 22.7 Å². The molecule has 0 saturated heterocycles. The summed E-state index contributed by atoms with van der Waals surface area (Å²) in [6, 6.07) is 5.69. The Balaban J connectivity index is 2.18. The SMILES string of the molecule is CCC[CH2][Sn]([CH2]CCC)([CH2]CCC)/[C](F)=C/c1ccc(F)c([C@@]2(C)N=C(N(COCC[Si](C)(C)C)C(=O)OC(C)(C)C)S[C@@]3(C(=O)N(C)C)C[C@H]32)c1. The van der Waals surface area contributed by atoms with Gasteiger partial charge in [0.05, 0.1) is 0 Å². The first-order valence-corrected chi connectivity index (χ1v) is 31.5. The molecule has 3 rings (SSSR count). The van der Waals surface area contributed by atoms with Gasteiger partial charge in [-0.3, -0.25) is 0 Å². The molecule has 1 aromatic carbocycles. The Morgan fingerprint density at radius 3 is 2.13 bits per heavy atom. The molecular formula is C40H67F2N3O4SSiSn. The molecule has 1 saturated carbocycles. The van der Waals surface area contributed by atoms with E-state index in [1.54, 1.807) is 58.0 Å². The average Bonchev–Trinajstić information content (AvgIpc) is 3.80. The van der Waals surface area contributed by atoms with Gasteiger partial charge in [0, 0.05) is 8.07 Å². The summed E-state index contributed by atoms with van der Waals surface area (Å²) in [5.74, 6) is -0.928. The van der Waals surface area contributed by atoms with Gasteiger partial charge in [0.2, 0.25) is 0 Å². The molecule has 1 aromatic rings. The molecule has 1 aliphatic carbocycles. The zero-order valence-electron chi connectivity index (χ0n) is 34.2. The number of unbranched alkanes of at least 4 members (excludes halogenated alkanes) is 3. The third kappa shape index (κ3) is 11.3. The van der Waals surface area contributed by atoms with Gasteiger partial charge in [-0.15, -0.1) is 0 Å². The Labute approximate surface area is 323 Å². The molecule has 0 spiro atoms. The molecule has 1 aliphatic heterocycles. The number of ether oxygens (including phenoxy) is 2. The van der Waals surface area contributed by atoms with E-state index in [2.05, 4.69) is 40.4 Å². The molecule has 0 radical (unpaired) electrons. The van der Waals surface area contributed by atoms with Crippen molar-refractivity contribution < 1.29 is 27.8 Å². The Bertz CT molecular complexity index is 1440. The predicted octanol–water partition coefficient (Wildman–Crippen LogP) is 11.2. The summed E-state index contributed by atoms with van der Waals surface area (Å²) in [5.41, 5.74) is -1.11. The molecule has 0 bridgehead atoms. The Morgan fingerprint density at radius 2 is 1.63 bits per heavy atom. The second kappa shape index (κ2) is 18.5. The molecular weight excluding hydrogens is 803 g/mol. The van der Waals surface area contributed by atoms with Crippen molar-refractivity contribution in [2.45, 2.75) is 148 Å². The number of carbonyl (C=O) groups excluding carboxylic acids is 2. The monoisotopic (exact) mass is 871 g/mol. The first-order chi connectivity index (χ1) is 24.2. The number of nitrogens with zero attached hydrogens (tertiary/aromatic N) is 3. The van der Waals surface area contributed by atoms with Crippen LogP contribution < -0.4 is 0 Å². The van der Waals surface area contributed by atoms with Crippen LogP contribution in [0, 0.1) is 11.7 Å². The van der Waals surface area contributed by atoms with Crippen LogP contribution in [0.3, 0.4) is 0 Å². The molecule has 52 heavy (non-hydrogen) atoms. The molecule has 0 N–H and O–H groups in total. The van der Waals surface area contributed by atoms with E-state index in [9.17, 15) is 9.59 Å². The van der Waals surface area contributed by atoms with Gasteiger partial charge in [0.25, 0.3) is 0 Å². The maximum atomic E-state index is 16.8. The van der Waals surface area contributed by atoms with Gasteiger partial charge >= 0.3 is 270 Å². The topological polar surface area (TPSA) is 71.4 Å². The maximum absolute atomic E-state index is 16.8. The van der Waals surface area contributed by atoms with Crippen molar-refractivity contribution in [1.82, 2.24) is 9.80 Å². The fraction of sp³-hybridized carbons (Fsp3) is 0.725. The van der Waals surface area contributed by atoms with E-state index in [0.717, 1.165) is 57.9 Å². The number of hydrogen-bond donors (Lipinski definition) is 0. The number of thioether (sulfide) groups is 1. The fourth-order valence-electron chi connectivity index (χ4n) is 7.13. The molecule has 2 aliphatic rings. The molecule has 2 amide bonds. The third-order valence-electron chi connectivity index (χ3n) is 10.4. The van der Waals surface area contributed by atoms with Crippen LogP contribution in [-0.4, -0.2) is 91.2 Å². The number of fused-ring (bicyclic) bond motifs is 1. The zero-order valence-corrected chi connectivity index (χ0v) is 38.9. The molecule has 1 fully saturated rings. The van der Waals surface area contributed by atoms with Crippen molar-refractivity contribution in [2.24, 2.45) is 10.9 Å². The number of amidine groups is 1. The molecule has 12 heteroatoms. The first-order valence-electron chi connectivity index (χ1n) is 19.4. The number of rotatable bonds is 18. The van der Waals surface area contributed by atoms with Crippen LogP contribution >= 0.6 is 11.8 Å². The van der Waals surface area contributed by atoms with Crippen molar-refractivity contribution in [1.29, 1.82) is 0 Å². The van der Waals surface area contributed by atoms with E-state index in [1.807, 2.05) is 6.92 Å². The quantitative estimate of drug-likeness (QED) is 0.0835. The average molecular weight is 871 g/mol. The van der Waals surface area contributed by atoms with Gasteiger partial charge in [-0.05, 0) is 26.8 Å². The second-order valence-electron chi connectivity index (χ2n) is 17.6. The summed E-state index contributed by atoms with van der Waals surface area (Å²) in [4.78, 5) is 35.8. The van der Waals surface area contributed by atoms with Crippen LogP contribution in [0.25, 0.3) is 6.08 Å². The normalized spacial score (nSPS) is 22.1. The number of benzene rings is 1. The van der Waals surface area contributed by atoms with Crippen LogP contribution in [0.1, 0.15) is 105 Å². The van der Waals surface area contributed by atoms with Crippen LogP contribution in [0.15, 0.2) is 27.0 Å². The molecule has 1 heterocycles. The van der Waals surface area contributed by atoms with Crippen LogP contribution in [-0.2, 0) is 19.8 Å². The summed E-state index contributed by atoms with van der Waals surface area (Å²) in [7, 11) is 2.01. The number of amides is 2. The van der Waals surface area contributed by atoms with E-state index in [0.29, 0.717) is 24.2 Å². The van der Waals surface area contributed by atoms with Gasteiger partial charge < -0.3 is 0 Å². The van der Waals surface area contributed by atoms with Crippen molar-refractivity contribution in [3.63, 3.8) is 0 Å². The standard InChI is InChI=1S/C28H40F2N3O4SSi.3C4H9.Sn/c1-26(2,3)37-25(35)33(18-36-14-15-39(7,8)9)24-31-27(4,20-16-19(12-13-29)10-11-21(20)30)22-17-28(22,38-24)23(34)32(5)6;3*1-3-4-2;/h10-12,16,22H,14-15,17-18H2,1-9H3;3*1,3-4H2,2H3;/t22-,27+,28-;;;;/m0..../s1. The van der Waals surface area contributed by atoms with Crippen molar-refractivity contribution in [3.05, 3.63) is 39.0 Å². The first kappa shape index (κ1) is 44.9. The van der Waals surface area contributed by atoms with Gasteiger partial charge in [0.15, 0.2) is 0 Å². The van der Waals surface area contributed by atoms with Crippen molar-refractivity contribution in [2.75, 3.05) is 27.4 Å². The van der Waals surface area contributed by atoms with Crippen LogP contribution in [0.5, 0.6) is 0 Å². The minimum absolute atomic E-state index is 0.0610. The van der Waals surface area contributed by atoms with Gasteiger partial charge in [-0.2, -0.15) is 0 Å². The second-order valence-corrected chi connectivity index (χ2v) is 37.4. The minimum atomic E-state index is -3.37. The molecule has 0 aromatic heterocycles. The number of hydrogen-bond acceptors (Lipinski definition) is 6. The van der Waals surface area contributed by atoms with E-state index < -0.39 is 54.2 Å². The molecule has 7 nitrogen and oxygen atoms in total. The van der Waals surface area contributed by atoms with Gasteiger partial charge in [-0.1, -0.05) is 19.6 Å². The Kier molecular flexibility index (Phi) is 16.0. The Morgan fingerprint density at radius 1 is 1.06 bits per heavy atom. The Hall–Kier alpha value is -1.44. The van der Waals surface area contributed by atoms with E-state index in [4.69, 9.17) is 14.5 Å².